The van der Waals surface area contributed by atoms with Crippen molar-refractivity contribution in [1.29, 1.82) is 0 Å². The summed E-state index contributed by atoms with van der Waals surface area (Å²) in [4.78, 5) is 12.0. The van der Waals surface area contributed by atoms with Crippen molar-refractivity contribution in [2.45, 2.75) is 20.3 Å². The van der Waals surface area contributed by atoms with Crippen LogP contribution in [0, 0.1) is 11.7 Å². The van der Waals surface area contributed by atoms with Crippen LogP contribution in [-0.4, -0.2) is 33.7 Å². The van der Waals surface area contributed by atoms with Crippen molar-refractivity contribution in [3.8, 4) is 0 Å². The van der Waals surface area contributed by atoms with Crippen LogP contribution in [0.4, 0.5) is 0 Å². The molecule has 0 saturated carbocycles. The molecule has 0 atom stereocenters. The van der Waals surface area contributed by atoms with E-state index in [1.165, 1.54) is 4.68 Å². The lowest BCUT2D eigenvalue weighted by atomic mass is 10.1. The van der Waals surface area contributed by atoms with E-state index in [9.17, 15) is 4.79 Å². The second kappa shape index (κ2) is 6.94. The molecule has 0 unspecified atom stereocenters. The van der Waals surface area contributed by atoms with Crippen LogP contribution in [0.2, 0.25) is 0 Å². The summed E-state index contributed by atoms with van der Waals surface area (Å²) in [7, 11) is 0. The quantitative estimate of drug-likeness (QED) is 0.524. The molecule has 0 aliphatic carbocycles. The molecule has 0 aliphatic rings. The third-order valence-corrected chi connectivity index (χ3v) is 3.01. The second-order valence-corrected chi connectivity index (χ2v) is 4.74. The summed E-state index contributed by atoms with van der Waals surface area (Å²) in [5.74, 6) is 0.286. The average molecular weight is 304 g/mol. The third-order valence-electron chi connectivity index (χ3n) is 2.74. The number of aromatic nitrogens is 3. The zero-order valence-corrected chi connectivity index (χ0v) is 12.7. The van der Waals surface area contributed by atoms with Crippen LogP contribution < -0.4 is 0 Å². The van der Waals surface area contributed by atoms with Crippen LogP contribution in [0.25, 0.3) is 0 Å². The Labute approximate surface area is 127 Å². The predicted octanol–water partition coefficient (Wildman–Crippen LogP) is 2.70. The molecule has 2 aromatic rings. The molecule has 1 N–H and O–H groups in total. The molecular weight excluding hydrogens is 288 g/mol. The minimum absolute atomic E-state index is 0.355. The zero-order chi connectivity index (χ0) is 15.2. The van der Waals surface area contributed by atoms with Gasteiger partial charge in [-0.2, -0.15) is 14.9 Å². The Morgan fingerprint density at radius 1 is 1.52 bits per heavy atom. The summed E-state index contributed by atoms with van der Waals surface area (Å²) in [6, 6.07) is 7.12. The largest absolute Gasteiger partial charge is 0.462 e. The van der Waals surface area contributed by atoms with Crippen LogP contribution in [0.5, 0.6) is 0 Å². The van der Waals surface area contributed by atoms with Gasteiger partial charge in [0.2, 0.25) is 4.77 Å². The zero-order valence-electron chi connectivity index (χ0n) is 11.9. The number of H-pyrrole nitrogens is 1. The van der Waals surface area contributed by atoms with Gasteiger partial charge in [-0.3, -0.25) is 5.10 Å². The van der Waals surface area contributed by atoms with Gasteiger partial charge in [0.05, 0.1) is 18.4 Å². The molecule has 110 valence electrons. The van der Waals surface area contributed by atoms with Gasteiger partial charge in [0.1, 0.15) is 5.82 Å². The number of rotatable bonds is 5. The van der Waals surface area contributed by atoms with Gasteiger partial charge < -0.3 is 4.74 Å². The third kappa shape index (κ3) is 3.63. The number of aromatic amines is 1. The number of nitrogens with one attached hydrogen (secondary N) is 1. The van der Waals surface area contributed by atoms with Crippen molar-refractivity contribution >= 4 is 24.4 Å². The maximum atomic E-state index is 12.0. The van der Waals surface area contributed by atoms with E-state index in [2.05, 4.69) is 15.3 Å². The molecule has 6 nitrogen and oxygen atoms in total. The number of carbonyl (C=O) groups excluding carboxylic acids is 1. The monoisotopic (exact) mass is 304 g/mol. The van der Waals surface area contributed by atoms with Gasteiger partial charge >= 0.3 is 5.97 Å². The molecule has 21 heavy (non-hydrogen) atoms. The highest BCUT2D eigenvalue weighted by Gasteiger charge is 2.10. The Bertz CT molecular complexity index is 718. The highest BCUT2D eigenvalue weighted by atomic mass is 32.1. The molecule has 0 spiro atoms. The van der Waals surface area contributed by atoms with Gasteiger partial charge in [-0.25, -0.2) is 4.79 Å². The van der Waals surface area contributed by atoms with Crippen molar-refractivity contribution in [2.24, 2.45) is 5.10 Å². The highest BCUT2D eigenvalue weighted by molar-refractivity contribution is 7.71. The van der Waals surface area contributed by atoms with Crippen molar-refractivity contribution in [2.75, 3.05) is 6.61 Å². The Kier molecular flexibility index (Phi) is 4.99. The van der Waals surface area contributed by atoms with E-state index < -0.39 is 0 Å². The summed E-state index contributed by atoms with van der Waals surface area (Å²) in [6.07, 6.45) is 2.35. The summed E-state index contributed by atoms with van der Waals surface area (Å²) in [5.41, 5.74) is 1.14. The van der Waals surface area contributed by atoms with Crippen molar-refractivity contribution in [3.05, 3.63) is 46.0 Å². The minimum atomic E-state index is -0.355. The molecule has 0 fully saturated rings. The molecule has 0 amide bonds. The fourth-order valence-corrected chi connectivity index (χ4v) is 1.92. The van der Waals surface area contributed by atoms with Gasteiger partial charge in [-0.05, 0) is 31.6 Å². The normalized spacial score (nSPS) is 11.0. The summed E-state index contributed by atoms with van der Waals surface area (Å²) < 4.78 is 7.04. The predicted molar refractivity (Wildman–Crippen MR) is 82.2 cm³/mol. The Morgan fingerprint density at radius 2 is 2.29 bits per heavy atom. The molecule has 1 heterocycles. The van der Waals surface area contributed by atoms with Gasteiger partial charge in [-0.1, -0.05) is 25.1 Å². The molecule has 2 rings (SSSR count). The number of esters is 1. The van der Waals surface area contributed by atoms with Crippen molar-refractivity contribution < 1.29 is 9.53 Å². The molecule has 7 heteroatoms. The highest BCUT2D eigenvalue weighted by Crippen LogP contribution is 2.09. The lowest BCUT2D eigenvalue weighted by molar-refractivity contribution is 0.0505. The summed E-state index contributed by atoms with van der Waals surface area (Å²) in [5, 5.41) is 10.9. The molecule has 1 aromatic carbocycles. The first-order valence-corrected chi connectivity index (χ1v) is 6.99. The van der Waals surface area contributed by atoms with Crippen LogP contribution in [0.1, 0.15) is 35.1 Å². The molecule has 0 radical (unpaired) electrons. The maximum absolute atomic E-state index is 12.0. The van der Waals surface area contributed by atoms with E-state index >= 15 is 0 Å². The van der Waals surface area contributed by atoms with Crippen molar-refractivity contribution in [3.63, 3.8) is 0 Å². The smallest absolute Gasteiger partial charge is 0.338 e. The van der Waals surface area contributed by atoms with E-state index in [4.69, 9.17) is 17.0 Å². The first kappa shape index (κ1) is 15.1. The average Bonchev–Trinajstić information content (AvgIpc) is 2.82. The molecule has 0 bridgehead atoms. The van der Waals surface area contributed by atoms with E-state index in [0.29, 0.717) is 28.3 Å². The first-order valence-electron chi connectivity index (χ1n) is 6.58. The van der Waals surface area contributed by atoms with Crippen LogP contribution >= 0.6 is 12.2 Å². The summed E-state index contributed by atoms with van der Waals surface area (Å²) in [6.45, 7) is 4.13. The summed E-state index contributed by atoms with van der Waals surface area (Å²) >= 11 is 5.07. The molecule has 0 saturated heterocycles. The number of carbonyl (C=O) groups is 1. The maximum Gasteiger partial charge on any atom is 0.338 e. The molecule has 1 aromatic heterocycles. The fourth-order valence-electron chi connectivity index (χ4n) is 1.69. The lowest BCUT2D eigenvalue weighted by Crippen LogP contribution is -2.09. The van der Waals surface area contributed by atoms with Gasteiger partial charge in [0.15, 0.2) is 0 Å². The first-order chi connectivity index (χ1) is 10.1. The van der Waals surface area contributed by atoms with E-state index in [-0.39, 0.29) is 5.97 Å². The Hall–Kier alpha value is -2.28. The second-order valence-electron chi connectivity index (χ2n) is 4.36. The Morgan fingerprint density at radius 3 is 2.95 bits per heavy atom. The fraction of sp³-hybridized carbons (Fsp3) is 0.286. The Balaban J connectivity index is 2.28. The standard InChI is InChI=1S/C14H16N4O2S/c1-3-8-20-13(19)12-7-5-4-6-11(12)9-15-18-10(2)16-17-14(18)21/h4-7,9H,3,8H2,1-2H3,(H,17,21)/b15-9+. The van der Waals surface area contributed by atoms with Gasteiger partial charge in [-0.15, -0.1) is 0 Å². The number of benzene rings is 1. The number of hydrogen-bond acceptors (Lipinski definition) is 5. The van der Waals surface area contributed by atoms with Crippen LogP contribution in [0.15, 0.2) is 29.4 Å². The van der Waals surface area contributed by atoms with Gasteiger partial charge in [0.25, 0.3) is 0 Å². The topological polar surface area (TPSA) is 72.3 Å². The van der Waals surface area contributed by atoms with E-state index in [1.807, 2.05) is 13.0 Å². The SMILES string of the molecule is CCCOC(=O)c1ccccc1/C=N/n1c(C)n[nH]c1=S. The van der Waals surface area contributed by atoms with E-state index in [0.717, 1.165) is 6.42 Å². The van der Waals surface area contributed by atoms with E-state index in [1.54, 1.807) is 31.3 Å². The number of hydrogen-bond donors (Lipinski definition) is 1. The number of aryl methyl sites for hydroxylation is 1. The van der Waals surface area contributed by atoms with Crippen LogP contribution in [0.3, 0.4) is 0 Å². The minimum Gasteiger partial charge on any atom is -0.462 e. The number of ether oxygens (including phenoxy) is 1. The number of nitrogens with zero attached hydrogens (tertiary/aromatic N) is 3. The van der Waals surface area contributed by atoms with Crippen LogP contribution in [-0.2, 0) is 4.74 Å². The molecular formula is C14H16N4O2S. The molecule has 0 aliphatic heterocycles. The van der Waals surface area contributed by atoms with Crippen molar-refractivity contribution in [1.82, 2.24) is 14.9 Å². The lowest BCUT2D eigenvalue weighted by Gasteiger charge is -2.05. The van der Waals surface area contributed by atoms with Gasteiger partial charge in [0, 0.05) is 5.56 Å².